The summed E-state index contributed by atoms with van der Waals surface area (Å²) in [5, 5.41) is 19.3. The van der Waals surface area contributed by atoms with Crippen molar-refractivity contribution in [3.8, 4) is 0 Å². The van der Waals surface area contributed by atoms with Gasteiger partial charge in [0.25, 0.3) is 0 Å². The normalized spacial score (nSPS) is 12.6. The van der Waals surface area contributed by atoms with Gasteiger partial charge in [-0.1, -0.05) is 10.3 Å². The zero-order chi connectivity index (χ0) is 14.0. The van der Waals surface area contributed by atoms with Crippen molar-refractivity contribution in [2.45, 2.75) is 33.4 Å². The summed E-state index contributed by atoms with van der Waals surface area (Å²) < 4.78 is 10.0. The average molecular weight is 265 g/mol. The van der Waals surface area contributed by atoms with Crippen LogP contribution in [0.15, 0.2) is 15.1 Å². The largest absolute Gasteiger partial charge is 0.476 e. The van der Waals surface area contributed by atoms with Gasteiger partial charge in [-0.2, -0.15) is 0 Å². The molecule has 0 aliphatic heterocycles. The lowest BCUT2D eigenvalue weighted by atomic mass is 10.1. The van der Waals surface area contributed by atoms with Gasteiger partial charge in [-0.05, 0) is 20.8 Å². The number of rotatable bonds is 5. The topological polar surface area (TPSA) is 101 Å². The van der Waals surface area contributed by atoms with E-state index in [1.54, 1.807) is 0 Å². The fourth-order valence-corrected chi connectivity index (χ4v) is 1.96. The number of hydrogen-bond acceptors (Lipinski definition) is 6. The Morgan fingerprint density at radius 3 is 2.68 bits per heavy atom. The van der Waals surface area contributed by atoms with Gasteiger partial charge in [0.05, 0.1) is 12.2 Å². The van der Waals surface area contributed by atoms with E-state index in [-0.39, 0.29) is 11.7 Å². The molecule has 2 aromatic rings. The van der Waals surface area contributed by atoms with Crippen LogP contribution in [0.25, 0.3) is 0 Å². The molecule has 0 fully saturated rings. The Balaban J connectivity index is 2.00. The summed E-state index contributed by atoms with van der Waals surface area (Å²) in [6.45, 7) is 6.08. The van der Waals surface area contributed by atoms with Crippen molar-refractivity contribution in [1.29, 1.82) is 0 Å². The Morgan fingerprint density at radius 2 is 2.16 bits per heavy atom. The Morgan fingerprint density at radius 1 is 1.42 bits per heavy atom. The molecular formula is C12H15N3O4. The predicted molar refractivity (Wildman–Crippen MR) is 64.7 cm³/mol. The molecular weight excluding hydrogens is 250 g/mol. The summed E-state index contributed by atoms with van der Waals surface area (Å²) in [5.41, 5.74) is 1.74. The average Bonchev–Trinajstić information content (AvgIpc) is 2.94. The molecule has 2 N–H and O–H groups in total. The highest BCUT2D eigenvalue weighted by molar-refractivity contribution is 5.85. The van der Waals surface area contributed by atoms with E-state index in [2.05, 4.69) is 15.6 Å². The lowest BCUT2D eigenvalue weighted by Gasteiger charge is -2.11. The standard InChI is InChI=1S/C12H15N3O4/c1-6(11-7(2)14-18-8(11)3)13-5-9-4-10(12(16)17)15-19-9/h4,6,13H,5H2,1-3H3,(H,16,17). The third-order valence-corrected chi connectivity index (χ3v) is 2.88. The van der Waals surface area contributed by atoms with Gasteiger partial charge in [-0.15, -0.1) is 0 Å². The van der Waals surface area contributed by atoms with Gasteiger partial charge >= 0.3 is 5.97 Å². The van der Waals surface area contributed by atoms with Gasteiger partial charge < -0.3 is 19.5 Å². The van der Waals surface area contributed by atoms with E-state index >= 15 is 0 Å². The zero-order valence-electron chi connectivity index (χ0n) is 10.9. The molecule has 0 amide bonds. The lowest BCUT2D eigenvalue weighted by molar-refractivity contribution is 0.0685. The number of carbonyl (C=O) groups is 1. The van der Waals surface area contributed by atoms with Crippen molar-refractivity contribution in [2.24, 2.45) is 0 Å². The SMILES string of the molecule is Cc1noc(C)c1C(C)NCc1cc(C(=O)O)no1. The van der Waals surface area contributed by atoms with Crippen LogP contribution in [-0.2, 0) is 6.54 Å². The van der Waals surface area contributed by atoms with Gasteiger partial charge in [0.1, 0.15) is 5.76 Å². The number of carboxylic acids is 1. The molecule has 0 bridgehead atoms. The van der Waals surface area contributed by atoms with Crippen LogP contribution in [0.4, 0.5) is 0 Å². The van der Waals surface area contributed by atoms with Crippen LogP contribution in [0.2, 0.25) is 0 Å². The number of nitrogens with zero attached hydrogens (tertiary/aromatic N) is 2. The van der Waals surface area contributed by atoms with E-state index in [0.29, 0.717) is 12.3 Å². The second-order valence-corrected chi connectivity index (χ2v) is 4.32. The highest BCUT2D eigenvalue weighted by atomic mass is 16.5. The highest BCUT2D eigenvalue weighted by Gasteiger charge is 2.17. The second-order valence-electron chi connectivity index (χ2n) is 4.32. The molecule has 0 aromatic carbocycles. The number of aromatic nitrogens is 2. The maximum atomic E-state index is 10.7. The smallest absolute Gasteiger partial charge is 0.358 e. The molecule has 0 saturated carbocycles. The van der Waals surface area contributed by atoms with Crippen LogP contribution in [0, 0.1) is 13.8 Å². The summed E-state index contributed by atoms with van der Waals surface area (Å²) in [6.07, 6.45) is 0. The Kier molecular flexibility index (Phi) is 3.66. The molecule has 1 unspecified atom stereocenters. The van der Waals surface area contributed by atoms with Gasteiger partial charge in [0.15, 0.2) is 11.5 Å². The van der Waals surface area contributed by atoms with Crippen LogP contribution in [0.1, 0.15) is 46.2 Å². The number of aryl methyl sites for hydroxylation is 2. The van der Waals surface area contributed by atoms with Crippen molar-refractivity contribution in [1.82, 2.24) is 15.6 Å². The molecule has 0 aliphatic carbocycles. The molecule has 0 radical (unpaired) electrons. The summed E-state index contributed by atoms with van der Waals surface area (Å²) in [5.74, 6) is 0.131. The van der Waals surface area contributed by atoms with Gasteiger partial charge in [-0.3, -0.25) is 0 Å². The quantitative estimate of drug-likeness (QED) is 0.850. The van der Waals surface area contributed by atoms with Gasteiger partial charge in [0, 0.05) is 17.7 Å². The molecule has 102 valence electrons. The number of nitrogens with one attached hydrogen (secondary N) is 1. The van der Waals surface area contributed by atoms with E-state index in [1.165, 1.54) is 6.07 Å². The van der Waals surface area contributed by atoms with Crippen molar-refractivity contribution in [2.75, 3.05) is 0 Å². The van der Waals surface area contributed by atoms with E-state index in [1.807, 2.05) is 20.8 Å². The maximum Gasteiger partial charge on any atom is 0.358 e. The predicted octanol–water partition coefficient (Wildman–Crippen LogP) is 1.83. The maximum absolute atomic E-state index is 10.7. The van der Waals surface area contributed by atoms with Crippen LogP contribution in [0.3, 0.4) is 0 Å². The lowest BCUT2D eigenvalue weighted by Crippen LogP contribution is -2.18. The highest BCUT2D eigenvalue weighted by Crippen LogP contribution is 2.21. The third kappa shape index (κ3) is 2.82. The fraction of sp³-hybridized carbons (Fsp3) is 0.417. The van der Waals surface area contributed by atoms with Crippen LogP contribution < -0.4 is 5.32 Å². The molecule has 2 aromatic heterocycles. The molecule has 7 nitrogen and oxygen atoms in total. The first-order chi connectivity index (χ1) is 8.99. The molecule has 0 aliphatic rings. The molecule has 2 rings (SSSR count). The number of carboxylic acid groups (broad SMARTS) is 1. The molecule has 0 spiro atoms. The molecule has 2 heterocycles. The first kappa shape index (κ1) is 13.3. The van der Waals surface area contributed by atoms with Crippen molar-refractivity contribution in [3.63, 3.8) is 0 Å². The van der Waals surface area contributed by atoms with Crippen molar-refractivity contribution in [3.05, 3.63) is 34.5 Å². The Hall–Kier alpha value is -2.15. The Labute approximate surface area is 109 Å². The summed E-state index contributed by atoms with van der Waals surface area (Å²) in [6, 6.07) is 1.42. The number of aromatic carboxylic acids is 1. The minimum absolute atomic E-state index is 0.0182. The monoisotopic (exact) mass is 265 g/mol. The molecule has 0 saturated heterocycles. The van der Waals surface area contributed by atoms with Gasteiger partial charge in [0.2, 0.25) is 0 Å². The summed E-state index contributed by atoms with van der Waals surface area (Å²) >= 11 is 0. The van der Waals surface area contributed by atoms with Crippen molar-refractivity contribution < 1.29 is 18.9 Å². The first-order valence-electron chi connectivity index (χ1n) is 5.84. The van der Waals surface area contributed by atoms with Crippen LogP contribution in [-0.4, -0.2) is 21.4 Å². The fourth-order valence-electron chi connectivity index (χ4n) is 1.96. The molecule has 19 heavy (non-hydrogen) atoms. The van der Waals surface area contributed by atoms with Crippen LogP contribution in [0.5, 0.6) is 0 Å². The van der Waals surface area contributed by atoms with E-state index in [9.17, 15) is 4.79 Å². The van der Waals surface area contributed by atoms with E-state index < -0.39 is 5.97 Å². The summed E-state index contributed by atoms with van der Waals surface area (Å²) in [4.78, 5) is 10.7. The zero-order valence-corrected chi connectivity index (χ0v) is 10.9. The second kappa shape index (κ2) is 5.23. The number of hydrogen-bond donors (Lipinski definition) is 2. The summed E-state index contributed by atoms with van der Waals surface area (Å²) in [7, 11) is 0. The molecule has 1 atom stereocenters. The third-order valence-electron chi connectivity index (χ3n) is 2.88. The first-order valence-corrected chi connectivity index (χ1v) is 5.84. The Bertz CT molecular complexity index is 568. The minimum Gasteiger partial charge on any atom is -0.476 e. The van der Waals surface area contributed by atoms with E-state index in [0.717, 1.165) is 17.0 Å². The minimum atomic E-state index is -1.10. The van der Waals surface area contributed by atoms with Gasteiger partial charge in [-0.25, -0.2) is 4.79 Å². The van der Waals surface area contributed by atoms with E-state index in [4.69, 9.17) is 14.2 Å². The van der Waals surface area contributed by atoms with Crippen molar-refractivity contribution >= 4 is 5.97 Å². The molecule has 7 heteroatoms. The van der Waals surface area contributed by atoms with Crippen LogP contribution >= 0.6 is 0 Å².